The molecular formula is C13H17ClFN3O. The molecule has 0 bridgehead atoms. The molecule has 1 aromatic carbocycles. The fourth-order valence-corrected chi connectivity index (χ4v) is 2.25. The first kappa shape index (κ1) is 14.2. The Morgan fingerprint density at radius 3 is 2.89 bits per heavy atom. The third-order valence-corrected chi connectivity index (χ3v) is 3.50. The molecule has 1 aromatic rings. The number of piperazine rings is 1. The molecule has 0 spiro atoms. The number of carbonyl (C=O) groups is 1. The van der Waals surface area contributed by atoms with Gasteiger partial charge in [-0.3, -0.25) is 9.69 Å². The lowest BCUT2D eigenvalue weighted by Gasteiger charge is -2.27. The number of hydrogen-bond donors (Lipinski definition) is 2. The summed E-state index contributed by atoms with van der Waals surface area (Å²) in [5, 5.41) is 5.90. The number of rotatable bonds is 4. The Kier molecular flexibility index (Phi) is 5.13. The van der Waals surface area contributed by atoms with Gasteiger partial charge in [0.25, 0.3) is 5.91 Å². The minimum absolute atomic E-state index is 0.123. The lowest BCUT2D eigenvalue weighted by atomic mass is 10.2. The molecule has 1 amide bonds. The minimum Gasteiger partial charge on any atom is -0.351 e. The van der Waals surface area contributed by atoms with Gasteiger partial charge in [-0.2, -0.15) is 0 Å². The number of amides is 1. The summed E-state index contributed by atoms with van der Waals surface area (Å²) < 4.78 is 13.2. The second-order valence-electron chi connectivity index (χ2n) is 4.45. The molecule has 0 aromatic heterocycles. The van der Waals surface area contributed by atoms with Gasteiger partial charge in [-0.25, -0.2) is 4.39 Å². The van der Waals surface area contributed by atoms with Gasteiger partial charge in [-0.05, 0) is 12.1 Å². The summed E-state index contributed by atoms with van der Waals surface area (Å²) in [5.41, 5.74) is 0.182. The summed E-state index contributed by atoms with van der Waals surface area (Å²) in [6.07, 6.45) is 0. The number of benzene rings is 1. The predicted molar refractivity (Wildman–Crippen MR) is 73.1 cm³/mol. The maximum atomic E-state index is 13.2. The SMILES string of the molecule is O=C(NCCN1CCNCC1)c1cccc(F)c1Cl. The Hall–Kier alpha value is -1.17. The zero-order valence-corrected chi connectivity index (χ0v) is 11.3. The first-order valence-corrected chi connectivity index (χ1v) is 6.71. The van der Waals surface area contributed by atoms with Gasteiger partial charge in [0.1, 0.15) is 5.82 Å². The zero-order valence-electron chi connectivity index (χ0n) is 10.6. The maximum absolute atomic E-state index is 13.2. The quantitative estimate of drug-likeness (QED) is 0.871. The minimum atomic E-state index is -0.573. The molecule has 1 fully saturated rings. The van der Waals surface area contributed by atoms with Crippen LogP contribution in [0.5, 0.6) is 0 Å². The van der Waals surface area contributed by atoms with Crippen LogP contribution in [0.15, 0.2) is 18.2 Å². The highest BCUT2D eigenvalue weighted by atomic mass is 35.5. The smallest absolute Gasteiger partial charge is 0.252 e. The van der Waals surface area contributed by atoms with Gasteiger partial charge in [-0.15, -0.1) is 0 Å². The Morgan fingerprint density at radius 2 is 2.16 bits per heavy atom. The third-order valence-electron chi connectivity index (χ3n) is 3.12. The van der Waals surface area contributed by atoms with E-state index in [1.807, 2.05) is 0 Å². The van der Waals surface area contributed by atoms with Crippen LogP contribution in [-0.2, 0) is 0 Å². The van der Waals surface area contributed by atoms with Crippen LogP contribution < -0.4 is 10.6 Å². The van der Waals surface area contributed by atoms with E-state index in [0.717, 1.165) is 32.7 Å². The van der Waals surface area contributed by atoms with Gasteiger partial charge >= 0.3 is 0 Å². The van der Waals surface area contributed by atoms with Gasteiger partial charge in [0.15, 0.2) is 0 Å². The van der Waals surface area contributed by atoms with E-state index in [2.05, 4.69) is 15.5 Å². The van der Waals surface area contributed by atoms with Crippen molar-refractivity contribution in [2.24, 2.45) is 0 Å². The lowest BCUT2D eigenvalue weighted by Crippen LogP contribution is -2.46. The van der Waals surface area contributed by atoms with E-state index in [0.29, 0.717) is 6.54 Å². The topological polar surface area (TPSA) is 44.4 Å². The Labute approximate surface area is 116 Å². The molecule has 1 heterocycles. The molecule has 0 aliphatic carbocycles. The molecule has 1 aliphatic heterocycles. The van der Waals surface area contributed by atoms with Crippen LogP contribution in [0, 0.1) is 5.82 Å². The van der Waals surface area contributed by atoms with Gasteiger partial charge in [-0.1, -0.05) is 17.7 Å². The van der Waals surface area contributed by atoms with Gasteiger partial charge in [0, 0.05) is 39.3 Å². The summed E-state index contributed by atoms with van der Waals surface area (Å²) in [6, 6.07) is 4.23. The normalized spacial score (nSPS) is 16.3. The zero-order chi connectivity index (χ0) is 13.7. The molecule has 104 valence electrons. The number of halogens is 2. The Bertz CT molecular complexity index is 450. The fraction of sp³-hybridized carbons (Fsp3) is 0.462. The van der Waals surface area contributed by atoms with Crippen LogP contribution in [0.25, 0.3) is 0 Å². The van der Waals surface area contributed by atoms with Crippen molar-refractivity contribution in [1.82, 2.24) is 15.5 Å². The molecule has 2 N–H and O–H groups in total. The highest BCUT2D eigenvalue weighted by molar-refractivity contribution is 6.34. The number of hydrogen-bond acceptors (Lipinski definition) is 3. The van der Waals surface area contributed by atoms with Crippen molar-refractivity contribution < 1.29 is 9.18 Å². The van der Waals surface area contributed by atoms with Crippen LogP contribution >= 0.6 is 11.6 Å². The average molecular weight is 286 g/mol. The third kappa shape index (κ3) is 3.89. The second kappa shape index (κ2) is 6.84. The second-order valence-corrected chi connectivity index (χ2v) is 4.83. The van der Waals surface area contributed by atoms with Crippen molar-refractivity contribution in [3.05, 3.63) is 34.6 Å². The molecule has 0 radical (unpaired) electrons. The van der Waals surface area contributed by atoms with Gasteiger partial charge in [0.2, 0.25) is 0 Å². The van der Waals surface area contributed by atoms with Crippen molar-refractivity contribution in [1.29, 1.82) is 0 Å². The molecule has 1 saturated heterocycles. The van der Waals surface area contributed by atoms with Crippen LogP contribution in [-0.4, -0.2) is 50.1 Å². The molecule has 2 rings (SSSR count). The monoisotopic (exact) mass is 285 g/mol. The fourth-order valence-electron chi connectivity index (χ4n) is 2.04. The van der Waals surface area contributed by atoms with Crippen molar-refractivity contribution >= 4 is 17.5 Å². The largest absolute Gasteiger partial charge is 0.351 e. The van der Waals surface area contributed by atoms with E-state index in [1.54, 1.807) is 0 Å². The van der Waals surface area contributed by atoms with Gasteiger partial charge in [0.05, 0.1) is 10.6 Å². The van der Waals surface area contributed by atoms with E-state index in [4.69, 9.17) is 11.6 Å². The predicted octanol–water partition coefficient (Wildman–Crippen LogP) is 1.11. The first-order valence-electron chi connectivity index (χ1n) is 6.34. The summed E-state index contributed by atoms with van der Waals surface area (Å²) in [6.45, 7) is 5.24. The first-order chi connectivity index (χ1) is 9.18. The molecular weight excluding hydrogens is 269 g/mol. The summed E-state index contributed by atoms with van der Waals surface area (Å²) in [5.74, 6) is -0.906. The summed E-state index contributed by atoms with van der Waals surface area (Å²) in [7, 11) is 0. The Morgan fingerprint density at radius 1 is 1.42 bits per heavy atom. The van der Waals surface area contributed by atoms with Crippen molar-refractivity contribution in [3.63, 3.8) is 0 Å². The van der Waals surface area contributed by atoms with E-state index >= 15 is 0 Å². The lowest BCUT2D eigenvalue weighted by molar-refractivity contribution is 0.0947. The standard InChI is InChI=1S/C13H17ClFN3O/c14-12-10(2-1-3-11(12)15)13(19)17-6-9-18-7-4-16-5-8-18/h1-3,16H,4-9H2,(H,17,19). The summed E-state index contributed by atoms with van der Waals surface area (Å²) in [4.78, 5) is 14.1. The number of carbonyl (C=O) groups excluding carboxylic acids is 1. The molecule has 4 nitrogen and oxygen atoms in total. The van der Waals surface area contributed by atoms with Crippen molar-refractivity contribution in [2.45, 2.75) is 0 Å². The molecule has 1 aliphatic rings. The van der Waals surface area contributed by atoms with Crippen LogP contribution in [0.4, 0.5) is 4.39 Å². The molecule has 0 unspecified atom stereocenters. The van der Waals surface area contributed by atoms with Crippen LogP contribution in [0.2, 0.25) is 5.02 Å². The van der Waals surface area contributed by atoms with E-state index in [9.17, 15) is 9.18 Å². The molecule has 0 saturated carbocycles. The highest BCUT2D eigenvalue weighted by Gasteiger charge is 2.14. The average Bonchev–Trinajstić information content (AvgIpc) is 2.43. The molecule has 19 heavy (non-hydrogen) atoms. The van der Waals surface area contributed by atoms with E-state index in [1.165, 1.54) is 18.2 Å². The van der Waals surface area contributed by atoms with Gasteiger partial charge < -0.3 is 10.6 Å². The summed E-state index contributed by atoms with van der Waals surface area (Å²) >= 11 is 5.76. The number of nitrogens with zero attached hydrogens (tertiary/aromatic N) is 1. The highest BCUT2D eigenvalue weighted by Crippen LogP contribution is 2.19. The van der Waals surface area contributed by atoms with E-state index in [-0.39, 0.29) is 16.5 Å². The molecule has 6 heteroatoms. The number of nitrogens with one attached hydrogen (secondary N) is 2. The van der Waals surface area contributed by atoms with Crippen LogP contribution in [0.1, 0.15) is 10.4 Å². The van der Waals surface area contributed by atoms with Crippen LogP contribution in [0.3, 0.4) is 0 Å². The maximum Gasteiger partial charge on any atom is 0.252 e. The van der Waals surface area contributed by atoms with Crippen molar-refractivity contribution in [3.8, 4) is 0 Å². The Balaban J connectivity index is 1.82. The molecule has 0 atom stereocenters. The van der Waals surface area contributed by atoms with Crippen molar-refractivity contribution in [2.75, 3.05) is 39.3 Å². The van der Waals surface area contributed by atoms with E-state index < -0.39 is 5.82 Å².